The number of carbonyl (C=O) groups excluding carboxylic acids is 5. The average Bonchev–Trinajstić information content (AvgIpc) is 2.97. The highest BCUT2D eigenvalue weighted by Gasteiger charge is 2.56. The highest BCUT2D eigenvalue weighted by atomic mass is 28.4. The number of carbonyl (C=O) groups is 5. The lowest BCUT2D eigenvalue weighted by atomic mass is 10.0. The first-order valence-corrected chi connectivity index (χ1v) is 17.9. The third-order valence-electron chi connectivity index (χ3n) is 8.07. The summed E-state index contributed by atoms with van der Waals surface area (Å²) in [5.74, 6) is -2.79. The van der Waals surface area contributed by atoms with Crippen molar-refractivity contribution in [3.05, 3.63) is 65.7 Å². The van der Waals surface area contributed by atoms with Gasteiger partial charge in [-0.25, -0.2) is 0 Å². The van der Waals surface area contributed by atoms with E-state index in [0.717, 1.165) is 5.56 Å². The van der Waals surface area contributed by atoms with Gasteiger partial charge in [-0.05, 0) is 32.3 Å². The topological polar surface area (TPSA) is 159 Å². The standard InChI is InChI=1S/C35H52FN5O5Si/c1-23(2)31(41-30(44)21-25-14-16-26(17-15-25)47(36,34(3,4)5)35(6,7)8)33(46)38-19-18-29(43)40-27(32(45)39-22-28(37)42)20-24-12-10-9-11-13-24/h9-17,23,27,31H,18-22H2,1-8H3,(H2,37,42)(H,38,46)(H,39,45)(H,40,43)(H,41,44)/t27-,31-/m0/s1. The van der Waals surface area contributed by atoms with Gasteiger partial charge in [0.2, 0.25) is 29.5 Å². The largest absolute Gasteiger partial charge is 0.368 e. The van der Waals surface area contributed by atoms with E-state index < -0.39 is 54.2 Å². The maximum atomic E-state index is 16.6. The van der Waals surface area contributed by atoms with Crippen molar-refractivity contribution in [2.45, 2.75) is 96.8 Å². The number of hydrogen-bond donors (Lipinski definition) is 5. The van der Waals surface area contributed by atoms with Crippen molar-refractivity contribution in [3.63, 3.8) is 0 Å². The maximum Gasteiger partial charge on any atom is 0.288 e. The summed E-state index contributed by atoms with van der Waals surface area (Å²) in [6.45, 7) is 14.8. The Labute approximate surface area is 279 Å². The van der Waals surface area contributed by atoms with Crippen LogP contribution in [0.5, 0.6) is 0 Å². The van der Waals surface area contributed by atoms with Gasteiger partial charge in [0.15, 0.2) is 0 Å². The summed E-state index contributed by atoms with van der Waals surface area (Å²) in [5, 5.41) is 10.2. The number of halogens is 1. The number of nitrogens with one attached hydrogen (secondary N) is 4. The highest BCUT2D eigenvalue weighted by molar-refractivity contribution is 6.90. The molecule has 10 nitrogen and oxygen atoms in total. The predicted octanol–water partition coefficient (Wildman–Crippen LogP) is 2.93. The van der Waals surface area contributed by atoms with Crippen LogP contribution in [0.25, 0.3) is 0 Å². The van der Waals surface area contributed by atoms with E-state index in [1.165, 1.54) is 0 Å². The normalized spacial score (nSPS) is 13.3. The molecule has 0 aliphatic rings. The van der Waals surface area contributed by atoms with Crippen molar-refractivity contribution < 1.29 is 28.1 Å². The second-order valence-corrected chi connectivity index (χ2v) is 19.3. The molecular formula is C35H52FN5O5Si. The lowest BCUT2D eigenvalue weighted by Crippen LogP contribution is -2.57. The van der Waals surface area contributed by atoms with Crippen LogP contribution >= 0.6 is 0 Å². The Morgan fingerprint density at radius 3 is 1.85 bits per heavy atom. The molecule has 5 amide bonds. The molecule has 0 aromatic heterocycles. The van der Waals surface area contributed by atoms with E-state index in [4.69, 9.17) is 5.73 Å². The molecule has 2 aromatic carbocycles. The van der Waals surface area contributed by atoms with Gasteiger partial charge in [0, 0.05) is 19.4 Å². The second-order valence-electron chi connectivity index (χ2n) is 14.4. The van der Waals surface area contributed by atoms with Gasteiger partial charge in [0.05, 0.1) is 13.0 Å². The Hall–Kier alpha value is -4.06. The molecule has 0 aliphatic heterocycles. The van der Waals surface area contributed by atoms with Crippen molar-refractivity contribution in [3.8, 4) is 0 Å². The van der Waals surface area contributed by atoms with E-state index >= 15 is 4.11 Å². The minimum Gasteiger partial charge on any atom is -0.368 e. The predicted molar refractivity (Wildman–Crippen MR) is 185 cm³/mol. The Morgan fingerprint density at radius 1 is 0.766 bits per heavy atom. The average molecular weight is 670 g/mol. The number of primary amides is 1. The van der Waals surface area contributed by atoms with Crippen LogP contribution in [0.1, 0.15) is 72.9 Å². The summed E-state index contributed by atoms with van der Waals surface area (Å²) < 4.78 is 16.6. The Morgan fingerprint density at radius 2 is 1.34 bits per heavy atom. The Bertz CT molecular complexity index is 1370. The molecule has 0 saturated heterocycles. The van der Waals surface area contributed by atoms with Crippen LogP contribution in [0, 0.1) is 5.92 Å². The van der Waals surface area contributed by atoms with E-state index in [1.807, 2.05) is 71.9 Å². The van der Waals surface area contributed by atoms with E-state index in [9.17, 15) is 24.0 Å². The quantitative estimate of drug-likeness (QED) is 0.146. The zero-order valence-electron chi connectivity index (χ0n) is 29.0. The maximum absolute atomic E-state index is 16.6. The van der Waals surface area contributed by atoms with Crippen LogP contribution in [-0.4, -0.2) is 63.1 Å². The van der Waals surface area contributed by atoms with Gasteiger partial charge in [-0.3, -0.25) is 24.0 Å². The minimum atomic E-state index is -3.43. The van der Waals surface area contributed by atoms with Crippen LogP contribution < -0.4 is 32.2 Å². The van der Waals surface area contributed by atoms with Crippen LogP contribution in [0.15, 0.2) is 54.6 Å². The Kier molecular flexibility index (Phi) is 13.9. The van der Waals surface area contributed by atoms with Gasteiger partial charge in [-0.15, -0.1) is 0 Å². The smallest absolute Gasteiger partial charge is 0.288 e. The first-order valence-electron chi connectivity index (χ1n) is 16.0. The fourth-order valence-electron chi connectivity index (χ4n) is 5.82. The first-order chi connectivity index (χ1) is 21.8. The van der Waals surface area contributed by atoms with Gasteiger partial charge in [-0.1, -0.05) is 110 Å². The lowest BCUT2D eigenvalue weighted by molar-refractivity contribution is -0.131. The SMILES string of the molecule is CC(C)[C@H](NC(=O)Cc1ccc([Si](F)(C(C)(C)C)C(C)(C)C)cc1)C(=O)NCCC(=O)N[C@@H](Cc1ccccc1)C(=O)NCC(N)=O. The van der Waals surface area contributed by atoms with Gasteiger partial charge >= 0.3 is 0 Å². The van der Waals surface area contributed by atoms with E-state index in [0.29, 0.717) is 10.8 Å². The molecule has 2 atom stereocenters. The first kappa shape index (κ1) is 39.1. The summed E-state index contributed by atoms with van der Waals surface area (Å²) in [6.07, 6.45) is 0.0942. The molecule has 0 spiro atoms. The van der Waals surface area contributed by atoms with Gasteiger partial charge in [0.1, 0.15) is 12.1 Å². The summed E-state index contributed by atoms with van der Waals surface area (Å²) in [4.78, 5) is 62.5. The molecule has 47 heavy (non-hydrogen) atoms. The fraction of sp³-hybridized carbons (Fsp3) is 0.514. The molecule has 2 rings (SSSR count). The molecular weight excluding hydrogens is 617 g/mol. The van der Waals surface area contributed by atoms with Crippen molar-refractivity contribution in [1.29, 1.82) is 0 Å². The van der Waals surface area contributed by atoms with Gasteiger partial charge < -0.3 is 31.1 Å². The number of amides is 5. The molecule has 258 valence electrons. The summed E-state index contributed by atoms with van der Waals surface area (Å²) >= 11 is 0. The number of rotatable bonds is 15. The number of nitrogens with two attached hydrogens (primary N) is 1. The lowest BCUT2D eigenvalue weighted by Gasteiger charge is -2.44. The van der Waals surface area contributed by atoms with E-state index in [2.05, 4.69) is 21.3 Å². The number of benzene rings is 2. The van der Waals surface area contributed by atoms with Gasteiger partial charge in [0.25, 0.3) is 8.41 Å². The fourth-order valence-corrected chi connectivity index (χ4v) is 10.4. The van der Waals surface area contributed by atoms with Crippen molar-refractivity contribution in [2.24, 2.45) is 11.7 Å². The molecule has 0 saturated carbocycles. The number of hydrogen-bond acceptors (Lipinski definition) is 5. The molecule has 0 fully saturated rings. The summed E-state index contributed by atoms with van der Waals surface area (Å²) in [5.41, 5.74) is 6.64. The minimum absolute atomic E-state index is 0.0195. The third kappa shape index (κ3) is 11.3. The molecule has 0 aliphatic carbocycles. The van der Waals surface area contributed by atoms with Crippen molar-refractivity contribution >= 4 is 43.1 Å². The molecule has 0 unspecified atom stereocenters. The van der Waals surface area contributed by atoms with Gasteiger partial charge in [-0.2, -0.15) is 0 Å². The second kappa shape index (κ2) is 16.7. The van der Waals surface area contributed by atoms with Crippen LogP contribution in [0.4, 0.5) is 4.11 Å². The zero-order chi connectivity index (χ0) is 35.6. The Balaban J connectivity index is 1.97. The van der Waals surface area contributed by atoms with Crippen LogP contribution in [0.3, 0.4) is 0 Å². The van der Waals surface area contributed by atoms with Crippen molar-refractivity contribution in [2.75, 3.05) is 13.1 Å². The zero-order valence-corrected chi connectivity index (χ0v) is 30.0. The molecule has 0 heterocycles. The van der Waals surface area contributed by atoms with E-state index in [-0.39, 0.29) is 44.2 Å². The molecule has 0 radical (unpaired) electrons. The molecule has 12 heteroatoms. The monoisotopic (exact) mass is 669 g/mol. The summed E-state index contributed by atoms with van der Waals surface area (Å²) in [7, 11) is -3.43. The molecule has 2 aromatic rings. The highest BCUT2D eigenvalue weighted by Crippen LogP contribution is 2.51. The molecule has 0 bridgehead atoms. The summed E-state index contributed by atoms with van der Waals surface area (Å²) in [6, 6.07) is 14.4. The van der Waals surface area contributed by atoms with Crippen LogP contribution in [0.2, 0.25) is 10.1 Å². The molecule has 6 N–H and O–H groups in total. The van der Waals surface area contributed by atoms with E-state index in [1.54, 1.807) is 38.1 Å². The third-order valence-corrected chi connectivity index (χ3v) is 13.3. The van der Waals surface area contributed by atoms with Crippen molar-refractivity contribution in [1.82, 2.24) is 21.3 Å². The van der Waals surface area contributed by atoms with Crippen LogP contribution in [-0.2, 0) is 36.8 Å².